The molecule has 8 heteroatoms. The van der Waals surface area contributed by atoms with Crippen molar-refractivity contribution >= 4 is 5.97 Å². The third-order valence-electron chi connectivity index (χ3n) is 2.50. The summed E-state index contributed by atoms with van der Waals surface area (Å²) in [5, 5.41) is 6.15. The number of nitrogens with zero attached hydrogens (tertiary/aromatic N) is 3. The van der Waals surface area contributed by atoms with Crippen molar-refractivity contribution in [2.45, 2.75) is 12.5 Å². The lowest BCUT2D eigenvalue weighted by Crippen LogP contribution is -2.30. The zero-order valence-corrected chi connectivity index (χ0v) is 10.8. The van der Waals surface area contributed by atoms with Crippen LogP contribution < -0.4 is 5.32 Å². The summed E-state index contributed by atoms with van der Waals surface area (Å²) in [4.78, 5) is 14.2. The van der Waals surface area contributed by atoms with Crippen molar-refractivity contribution in [3.05, 3.63) is 45.8 Å². The van der Waals surface area contributed by atoms with E-state index in [0.717, 1.165) is 18.2 Å². The van der Waals surface area contributed by atoms with Crippen LogP contribution in [0.15, 0.2) is 23.3 Å². The van der Waals surface area contributed by atoms with Gasteiger partial charge in [0.05, 0.1) is 7.11 Å². The van der Waals surface area contributed by atoms with Crippen LogP contribution in [0.4, 0.5) is 8.78 Å². The fraction of sp³-hybridized carbons (Fsp3) is 0.417. The van der Waals surface area contributed by atoms with E-state index in [0.29, 0.717) is 13.0 Å². The standard InChI is InChI=1S/C12H14F2N4O2/c1-20-12(19)11(16-3-2-4-17-18-15)8-5-9(13)7-10(14)6-8/h5-7,11,16H,2-4H2,1H3. The predicted octanol–water partition coefficient (Wildman–Crippen LogP) is 2.47. The van der Waals surface area contributed by atoms with E-state index in [1.807, 2.05) is 0 Å². The zero-order valence-electron chi connectivity index (χ0n) is 10.8. The second-order valence-electron chi connectivity index (χ2n) is 3.92. The van der Waals surface area contributed by atoms with Crippen molar-refractivity contribution in [3.63, 3.8) is 0 Å². The number of carbonyl (C=O) groups excluding carboxylic acids is 1. The van der Waals surface area contributed by atoms with Crippen molar-refractivity contribution in [3.8, 4) is 0 Å². The van der Waals surface area contributed by atoms with E-state index in [1.165, 1.54) is 7.11 Å². The maximum atomic E-state index is 13.2. The van der Waals surface area contributed by atoms with Gasteiger partial charge >= 0.3 is 5.97 Å². The van der Waals surface area contributed by atoms with Crippen LogP contribution in [0.1, 0.15) is 18.0 Å². The minimum Gasteiger partial charge on any atom is -0.468 e. The lowest BCUT2D eigenvalue weighted by atomic mass is 10.1. The van der Waals surface area contributed by atoms with Gasteiger partial charge in [0.15, 0.2) is 0 Å². The molecular formula is C12H14F2N4O2. The van der Waals surface area contributed by atoms with Crippen molar-refractivity contribution < 1.29 is 18.3 Å². The van der Waals surface area contributed by atoms with Crippen LogP contribution in [-0.4, -0.2) is 26.2 Å². The summed E-state index contributed by atoms with van der Waals surface area (Å²) in [5.74, 6) is -2.20. The molecular weight excluding hydrogens is 270 g/mol. The van der Waals surface area contributed by atoms with Gasteiger partial charge in [-0.1, -0.05) is 5.11 Å². The first kappa shape index (κ1) is 15.9. The summed E-state index contributed by atoms with van der Waals surface area (Å²) in [7, 11) is 1.19. The molecule has 1 N–H and O–H groups in total. The van der Waals surface area contributed by atoms with Crippen molar-refractivity contribution in [1.29, 1.82) is 0 Å². The summed E-state index contributed by atoms with van der Waals surface area (Å²) in [5.41, 5.74) is 8.26. The Bertz CT molecular complexity index is 498. The van der Waals surface area contributed by atoms with Gasteiger partial charge in [-0.3, -0.25) is 0 Å². The molecule has 0 saturated heterocycles. The molecule has 1 unspecified atom stereocenters. The molecule has 0 fully saturated rings. The first-order chi connectivity index (χ1) is 9.58. The van der Waals surface area contributed by atoms with E-state index < -0.39 is 23.6 Å². The number of ether oxygens (including phenoxy) is 1. The Morgan fingerprint density at radius 1 is 1.45 bits per heavy atom. The molecule has 0 spiro atoms. The number of azide groups is 1. The molecule has 0 radical (unpaired) electrons. The maximum Gasteiger partial charge on any atom is 0.327 e. The van der Waals surface area contributed by atoms with Gasteiger partial charge in [-0.05, 0) is 36.2 Å². The summed E-state index contributed by atoms with van der Waals surface area (Å²) in [6.07, 6.45) is 0.482. The Labute approximate surface area is 114 Å². The Morgan fingerprint density at radius 2 is 2.10 bits per heavy atom. The molecule has 0 bridgehead atoms. The topological polar surface area (TPSA) is 87.1 Å². The SMILES string of the molecule is COC(=O)C(NCCCN=[N+]=[N-])c1cc(F)cc(F)c1. The first-order valence-electron chi connectivity index (χ1n) is 5.86. The van der Waals surface area contributed by atoms with Crippen molar-refractivity contribution in [2.24, 2.45) is 5.11 Å². The summed E-state index contributed by atoms with van der Waals surface area (Å²) < 4.78 is 30.9. The molecule has 1 atom stereocenters. The number of hydrogen-bond donors (Lipinski definition) is 1. The highest BCUT2D eigenvalue weighted by Gasteiger charge is 2.21. The molecule has 1 rings (SSSR count). The second kappa shape index (κ2) is 8.08. The molecule has 0 aromatic heterocycles. The molecule has 0 saturated carbocycles. The Morgan fingerprint density at radius 3 is 2.65 bits per heavy atom. The van der Waals surface area contributed by atoms with E-state index in [9.17, 15) is 13.6 Å². The number of halogens is 2. The summed E-state index contributed by atoms with van der Waals surface area (Å²) in [6, 6.07) is 1.87. The second-order valence-corrected chi connectivity index (χ2v) is 3.92. The Balaban J connectivity index is 2.78. The van der Waals surface area contributed by atoms with Crippen molar-refractivity contribution in [2.75, 3.05) is 20.2 Å². The number of hydrogen-bond acceptors (Lipinski definition) is 4. The number of methoxy groups -OCH3 is 1. The summed E-state index contributed by atoms with van der Waals surface area (Å²) in [6.45, 7) is 0.589. The van der Waals surface area contributed by atoms with Crippen LogP contribution in [0.5, 0.6) is 0 Å². The molecule has 20 heavy (non-hydrogen) atoms. The highest BCUT2D eigenvalue weighted by atomic mass is 19.1. The molecule has 108 valence electrons. The number of esters is 1. The van der Waals surface area contributed by atoms with Gasteiger partial charge in [0.2, 0.25) is 0 Å². The quantitative estimate of drug-likeness (QED) is 0.274. The summed E-state index contributed by atoms with van der Waals surface area (Å²) >= 11 is 0. The molecule has 0 aliphatic carbocycles. The Kier molecular flexibility index (Phi) is 6.42. The van der Waals surface area contributed by atoms with Gasteiger partial charge in [-0.2, -0.15) is 0 Å². The Hall–Kier alpha value is -2.18. The van der Waals surface area contributed by atoms with Gasteiger partial charge < -0.3 is 10.1 Å². The molecule has 1 aromatic rings. The molecule has 0 aliphatic rings. The zero-order chi connectivity index (χ0) is 15.0. The predicted molar refractivity (Wildman–Crippen MR) is 67.7 cm³/mol. The van der Waals surface area contributed by atoms with E-state index in [4.69, 9.17) is 5.53 Å². The highest BCUT2D eigenvalue weighted by molar-refractivity contribution is 5.77. The lowest BCUT2D eigenvalue weighted by molar-refractivity contribution is -0.143. The maximum absolute atomic E-state index is 13.2. The van der Waals surface area contributed by atoms with Crippen LogP contribution in [-0.2, 0) is 9.53 Å². The minimum absolute atomic E-state index is 0.137. The largest absolute Gasteiger partial charge is 0.468 e. The van der Waals surface area contributed by atoms with Crippen LogP contribution in [0, 0.1) is 11.6 Å². The minimum atomic E-state index is -0.976. The van der Waals surface area contributed by atoms with E-state index >= 15 is 0 Å². The van der Waals surface area contributed by atoms with Gasteiger partial charge in [0.25, 0.3) is 0 Å². The van der Waals surface area contributed by atoms with E-state index in [2.05, 4.69) is 20.1 Å². The third-order valence-corrected chi connectivity index (χ3v) is 2.50. The smallest absolute Gasteiger partial charge is 0.327 e. The third kappa shape index (κ3) is 4.83. The first-order valence-corrected chi connectivity index (χ1v) is 5.86. The van der Waals surface area contributed by atoms with Gasteiger partial charge in [-0.15, -0.1) is 0 Å². The normalized spacial score (nSPS) is 11.6. The molecule has 1 aromatic carbocycles. The fourth-order valence-corrected chi connectivity index (χ4v) is 1.64. The molecule has 0 aliphatic heterocycles. The molecule has 6 nitrogen and oxygen atoms in total. The average Bonchev–Trinajstić information content (AvgIpc) is 2.41. The molecule has 0 amide bonds. The number of benzene rings is 1. The van der Waals surface area contributed by atoms with Gasteiger partial charge in [-0.25, -0.2) is 13.6 Å². The van der Waals surface area contributed by atoms with E-state index in [1.54, 1.807) is 0 Å². The van der Waals surface area contributed by atoms with Gasteiger partial charge in [0, 0.05) is 17.5 Å². The highest BCUT2D eigenvalue weighted by Crippen LogP contribution is 2.17. The van der Waals surface area contributed by atoms with Crippen LogP contribution in [0.25, 0.3) is 10.4 Å². The molecule has 0 heterocycles. The lowest BCUT2D eigenvalue weighted by Gasteiger charge is -2.16. The van der Waals surface area contributed by atoms with Crippen molar-refractivity contribution in [1.82, 2.24) is 5.32 Å². The van der Waals surface area contributed by atoms with Crippen LogP contribution in [0.3, 0.4) is 0 Å². The van der Waals surface area contributed by atoms with Crippen LogP contribution in [0.2, 0.25) is 0 Å². The fourth-order valence-electron chi connectivity index (χ4n) is 1.64. The number of nitrogens with one attached hydrogen (secondary N) is 1. The number of rotatable bonds is 7. The van der Waals surface area contributed by atoms with E-state index in [-0.39, 0.29) is 12.1 Å². The monoisotopic (exact) mass is 284 g/mol. The van der Waals surface area contributed by atoms with Crippen LogP contribution >= 0.6 is 0 Å². The number of carbonyl (C=O) groups is 1. The average molecular weight is 284 g/mol. The van der Waals surface area contributed by atoms with Gasteiger partial charge in [0.1, 0.15) is 17.7 Å².